The van der Waals surface area contributed by atoms with Crippen LogP contribution in [0.3, 0.4) is 0 Å². The predicted molar refractivity (Wildman–Crippen MR) is 324 cm³/mol. The summed E-state index contributed by atoms with van der Waals surface area (Å²) in [5.41, 5.74) is 0. The average molecular weight is 1130 g/mol. The van der Waals surface area contributed by atoms with Gasteiger partial charge >= 0.3 is 10.4 Å². The van der Waals surface area contributed by atoms with Gasteiger partial charge in [-0.3, -0.25) is 9.35 Å². The number of unbranched alkanes of at least 4 members (excludes halogenated alkanes) is 49. The lowest BCUT2D eigenvalue weighted by molar-refractivity contribution is -0.298. The summed E-state index contributed by atoms with van der Waals surface area (Å²) >= 11 is 0. The van der Waals surface area contributed by atoms with Crippen LogP contribution in [0.5, 0.6) is 0 Å². The van der Waals surface area contributed by atoms with Crippen LogP contribution >= 0.6 is 0 Å². The van der Waals surface area contributed by atoms with Crippen molar-refractivity contribution in [1.29, 1.82) is 0 Å². The van der Waals surface area contributed by atoms with Crippen LogP contribution in [0.4, 0.5) is 0 Å². The van der Waals surface area contributed by atoms with Gasteiger partial charge in [-0.2, -0.15) is 8.42 Å². The van der Waals surface area contributed by atoms with Gasteiger partial charge in [0.05, 0.1) is 25.4 Å². The van der Waals surface area contributed by atoms with Crippen LogP contribution < -0.4 is 5.32 Å². The summed E-state index contributed by atoms with van der Waals surface area (Å²) in [6.07, 6.45) is 58.4. The Morgan fingerprint density at radius 1 is 0.462 bits per heavy atom. The van der Waals surface area contributed by atoms with E-state index in [4.69, 9.17) is 9.47 Å². The lowest BCUT2D eigenvalue weighted by Crippen LogP contribution is -2.61. The molecule has 1 fully saturated rings. The SMILES string of the molecule is CCCCCCCCCCCCCCCCCCCCCCCCCCCCC(=O)NC(COC1OC(CO)C(O)C(OS(=O)(=O)O)C1O)C(O)CCCCCCCCCCCCCCCCCCCCCCCCCCC. The van der Waals surface area contributed by atoms with Crippen molar-refractivity contribution in [1.82, 2.24) is 5.32 Å². The van der Waals surface area contributed by atoms with Crippen LogP contribution in [0.2, 0.25) is 0 Å². The maximum Gasteiger partial charge on any atom is 0.397 e. The Bertz CT molecular complexity index is 1380. The highest BCUT2D eigenvalue weighted by Gasteiger charge is 2.48. The molecule has 0 aliphatic carbocycles. The number of hydrogen-bond donors (Lipinski definition) is 6. The minimum Gasteiger partial charge on any atom is -0.394 e. The third-order valence-electron chi connectivity index (χ3n) is 16.7. The maximum atomic E-state index is 13.2. The van der Waals surface area contributed by atoms with Crippen molar-refractivity contribution in [3.8, 4) is 0 Å². The Hall–Kier alpha value is -0.900. The topological polar surface area (TPSA) is 192 Å². The molecule has 1 amide bonds. The molecule has 0 saturated carbocycles. The fourth-order valence-electron chi connectivity index (χ4n) is 11.5. The summed E-state index contributed by atoms with van der Waals surface area (Å²) in [7, 11) is -5.08. The van der Waals surface area contributed by atoms with Crippen molar-refractivity contribution in [2.45, 2.75) is 397 Å². The van der Waals surface area contributed by atoms with E-state index in [2.05, 4.69) is 23.3 Å². The summed E-state index contributed by atoms with van der Waals surface area (Å²) < 4.78 is 48.1. The summed E-state index contributed by atoms with van der Waals surface area (Å²) in [6.45, 7) is 3.53. The van der Waals surface area contributed by atoms with Crippen molar-refractivity contribution < 1.29 is 51.8 Å². The third-order valence-corrected chi connectivity index (χ3v) is 17.1. The second kappa shape index (κ2) is 55.3. The van der Waals surface area contributed by atoms with Gasteiger partial charge in [0.15, 0.2) is 6.29 Å². The third kappa shape index (κ3) is 46.6. The molecular weight excluding hydrogens is 1000 g/mol. The highest BCUT2D eigenvalue weighted by atomic mass is 32.3. The molecule has 13 heteroatoms. The first kappa shape index (κ1) is 75.1. The standard InChI is InChI=1S/C65H129NO11S/c1-3-5-7-9-11-13-15-17-19-21-23-25-27-29-31-33-35-37-39-41-43-45-47-49-51-53-55-61(69)66-58(57-75-65-63(71)64(77-78(72,73)74)62(70)60(56-67)76-65)59(68)54-52-50-48-46-44-42-40-38-36-34-32-30-28-26-24-22-20-18-16-14-12-10-8-6-4-2/h58-60,62-65,67-68,70-71H,3-57H2,1-2H3,(H,66,69)(H,72,73,74). The molecule has 1 heterocycles. The number of carbonyl (C=O) groups is 1. The largest absolute Gasteiger partial charge is 0.397 e. The molecule has 1 aliphatic heterocycles. The number of rotatable bonds is 61. The number of ether oxygens (including phenoxy) is 2. The Morgan fingerprint density at radius 2 is 0.744 bits per heavy atom. The molecule has 1 aliphatic rings. The van der Waals surface area contributed by atoms with Crippen molar-refractivity contribution in [2.75, 3.05) is 13.2 Å². The molecular formula is C65H129NO11S. The number of aliphatic hydroxyl groups excluding tert-OH is 4. The zero-order valence-corrected chi connectivity index (χ0v) is 51.8. The molecule has 0 aromatic rings. The lowest BCUT2D eigenvalue weighted by Gasteiger charge is -2.41. The second-order valence-electron chi connectivity index (χ2n) is 24.1. The number of nitrogens with one attached hydrogen (secondary N) is 1. The van der Waals surface area contributed by atoms with E-state index >= 15 is 0 Å². The van der Waals surface area contributed by atoms with Crippen LogP contribution in [0.15, 0.2) is 0 Å². The van der Waals surface area contributed by atoms with Crippen molar-refractivity contribution in [3.05, 3.63) is 0 Å². The molecule has 0 aromatic heterocycles. The van der Waals surface area contributed by atoms with Crippen LogP contribution in [0.25, 0.3) is 0 Å². The van der Waals surface area contributed by atoms with E-state index in [0.717, 1.165) is 51.4 Å². The zero-order chi connectivity index (χ0) is 56.8. The minimum atomic E-state index is -5.08. The van der Waals surface area contributed by atoms with Gasteiger partial charge in [-0.05, 0) is 12.8 Å². The molecule has 0 spiro atoms. The molecule has 7 atom stereocenters. The Labute approximate surface area is 481 Å². The van der Waals surface area contributed by atoms with E-state index < -0.39 is 59.9 Å². The lowest BCUT2D eigenvalue weighted by atomic mass is 9.99. The van der Waals surface area contributed by atoms with Crippen LogP contribution in [-0.4, -0.2) is 95.4 Å². The second-order valence-corrected chi connectivity index (χ2v) is 25.2. The van der Waals surface area contributed by atoms with Gasteiger partial charge in [-0.15, -0.1) is 0 Å². The summed E-state index contributed by atoms with van der Waals surface area (Å²) in [5, 5.41) is 45.3. The van der Waals surface area contributed by atoms with Gasteiger partial charge < -0.3 is 35.2 Å². The molecule has 7 unspecified atom stereocenters. The number of amides is 1. The summed E-state index contributed by atoms with van der Waals surface area (Å²) in [4.78, 5) is 13.2. The summed E-state index contributed by atoms with van der Waals surface area (Å²) in [5.74, 6) is -0.219. The van der Waals surface area contributed by atoms with Crippen LogP contribution in [0.1, 0.15) is 354 Å². The molecule has 78 heavy (non-hydrogen) atoms. The zero-order valence-electron chi connectivity index (χ0n) is 51.0. The monoisotopic (exact) mass is 1130 g/mol. The number of aliphatic hydroxyl groups is 4. The van der Waals surface area contributed by atoms with E-state index in [0.29, 0.717) is 12.8 Å². The average Bonchev–Trinajstić information content (AvgIpc) is 3.45. The first-order valence-corrected chi connectivity index (χ1v) is 35.3. The molecule has 1 rings (SSSR count). The quantitative estimate of drug-likeness (QED) is 0.0251. The van der Waals surface area contributed by atoms with Crippen molar-refractivity contribution in [2.24, 2.45) is 0 Å². The molecule has 0 bridgehead atoms. The van der Waals surface area contributed by atoms with Crippen LogP contribution in [0, 0.1) is 0 Å². The van der Waals surface area contributed by atoms with E-state index in [-0.39, 0.29) is 12.5 Å². The Balaban J connectivity index is 2.25. The minimum absolute atomic E-state index is 0.219. The van der Waals surface area contributed by atoms with Gasteiger partial charge in [-0.25, -0.2) is 4.18 Å². The molecule has 6 N–H and O–H groups in total. The maximum absolute atomic E-state index is 13.2. The molecule has 0 aromatic carbocycles. The van der Waals surface area contributed by atoms with Gasteiger partial charge in [0.25, 0.3) is 0 Å². The van der Waals surface area contributed by atoms with E-state index in [1.54, 1.807) is 0 Å². The first-order chi connectivity index (χ1) is 38.0. The van der Waals surface area contributed by atoms with Crippen molar-refractivity contribution >= 4 is 16.3 Å². The molecule has 466 valence electrons. The molecule has 12 nitrogen and oxygen atoms in total. The number of carbonyl (C=O) groups excluding carboxylic acids is 1. The van der Waals surface area contributed by atoms with Crippen molar-refractivity contribution in [3.63, 3.8) is 0 Å². The normalized spacial score (nSPS) is 18.7. The fourth-order valence-corrected chi connectivity index (χ4v) is 12.0. The van der Waals surface area contributed by atoms with E-state index in [1.165, 1.54) is 276 Å². The van der Waals surface area contributed by atoms with E-state index in [9.17, 15) is 38.2 Å². The molecule has 1 saturated heterocycles. The number of hydrogen-bond acceptors (Lipinski definition) is 10. The van der Waals surface area contributed by atoms with Crippen LogP contribution in [-0.2, 0) is 28.9 Å². The van der Waals surface area contributed by atoms with Gasteiger partial charge in [-0.1, -0.05) is 335 Å². The van der Waals surface area contributed by atoms with Gasteiger partial charge in [0, 0.05) is 6.42 Å². The Morgan fingerprint density at radius 3 is 1.03 bits per heavy atom. The first-order valence-electron chi connectivity index (χ1n) is 33.9. The molecule has 0 radical (unpaired) electrons. The van der Waals surface area contributed by atoms with E-state index in [1.807, 2.05) is 0 Å². The van der Waals surface area contributed by atoms with Gasteiger partial charge in [0.1, 0.15) is 24.4 Å². The smallest absolute Gasteiger partial charge is 0.394 e. The highest BCUT2D eigenvalue weighted by Crippen LogP contribution is 2.27. The summed E-state index contributed by atoms with van der Waals surface area (Å²) in [6, 6.07) is -0.855. The fraction of sp³-hybridized carbons (Fsp3) is 0.985. The predicted octanol–water partition coefficient (Wildman–Crippen LogP) is 17.2. The Kier molecular flexibility index (Phi) is 53.3. The van der Waals surface area contributed by atoms with Gasteiger partial charge in [0.2, 0.25) is 5.91 Å². The highest BCUT2D eigenvalue weighted by molar-refractivity contribution is 7.80.